The Labute approximate surface area is 111 Å². The SMILES string of the molecule is CC(NC(=O)N1C[C@@H](C)[C@H](C(=O)O)C1)c1cn[nH]c1. The number of nitrogens with zero attached hydrogens (tertiary/aromatic N) is 2. The highest BCUT2D eigenvalue weighted by Crippen LogP contribution is 2.23. The number of likely N-dealkylation sites (tertiary alicyclic amines) is 1. The van der Waals surface area contributed by atoms with Gasteiger partial charge in [-0.05, 0) is 12.8 Å². The second-order valence-corrected chi connectivity index (χ2v) is 5.03. The molecule has 1 fully saturated rings. The number of aromatic nitrogens is 2. The number of rotatable bonds is 3. The predicted octanol–water partition coefficient (Wildman–Crippen LogP) is 0.833. The quantitative estimate of drug-likeness (QED) is 0.754. The van der Waals surface area contributed by atoms with Crippen LogP contribution >= 0.6 is 0 Å². The molecule has 2 rings (SSSR count). The first kappa shape index (κ1) is 13.4. The highest BCUT2D eigenvalue weighted by molar-refractivity contribution is 5.78. The fourth-order valence-electron chi connectivity index (χ4n) is 2.31. The molecule has 3 atom stereocenters. The summed E-state index contributed by atoms with van der Waals surface area (Å²) in [7, 11) is 0. The topological polar surface area (TPSA) is 98.3 Å². The minimum Gasteiger partial charge on any atom is -0.481 e. The van der Waals surface area contributed by atoms with Gasteiger partial charge in [0.05, 0.1) is 18.2 Å². The zero-order chi connectivity index (χ0) is 14.0. The van der Waals surface area contributed by atoms with Crippen LogP contribution < -0.4 is 5.32 Å². The van der Waals surface area contributed by atoms with Crippen LogP contribution in [0.3, 0.4) is 0 Å². The molecule has 0 radical (unpaired) electrons. The Bertz CT molecular complexity index is 460. The van der Waals surface area contributed by atoms with E-state index in [0.29, 0.717) is 6.54 Å². The summed E-state index contributed by atoms with van der Waals surface area (Å²) in [6.07, 6.45) is 3.37. The van der Waals surface area contributed by atoms with E-state index in [4.69, 9.17) is 5.11 Å². The molecule has 3 N–H and O–H groups in total. The molecule has 1 aliphatic heterocycles. The molecule has 1 unspecified atom stereocenters. The molecule has 1 saturated heterocycles. The van der Waals surface area contributed by atoms with E-state index < -0.39 is 11.9 Å². The summed E-state index contributed by atoms with van der Waals surface area (Å²) in [4.78, 5) is 24.6. The van der Waals surface area contributed by atoms with E-state index in [1.807, 2.05) is 13.8 Å². The molecule has 1 aromatic heterocycles. The van der Waals surface area contributed by atoms with E-state index in [1.54, 1.807) is 17.3 Å². The summed E-state index contributed by atoms with van der Waals surface area (Å²) in [6, 6.07) is -0.394. The minimum absolute atomic E-state index is 0.0209. The third kappa shape index (κ3) is 2.86. The monoisotopic (exact) mass is 266 g/mol. The zero-order valence-corrected chi connectivity index (χ0v) is 11.0. The molecular weight excluding hydrogens is 248 g/mol. The van der Waals surface area contributed by atoms with E-state index in [1.165, 1.54) is 0 Å². The van der Waals surface area contributed by atoms with Crippen LogP contribution in [-0.2, 0) is 4.79 Å². The predicted molar refractivity (Wildman–Crippen MR) is 67.4 cm³/mol. The molecule has 104 valence electrons. The summed E-state index contributed by atoms with van der Waals surface area (Å²) in [5, 5.41) is 18.4. The highest BCUT2D eigenvalue weighted by Gasteiger charge is 2.37. The Hall–Kier alpha value is -2.05. The maximum Gasteiger partial charge on any atom is 0.317 e. The molecule has 7 heteroatoms. The van der Waals surface area contributed by atoms with Gasteiger partial charge in [0.25, 0.3) is 0 Å². The van der Waals surface area contributed by atoms with Crippen LogP contribution in [0.5, 0.6) is 0 Å². The van der Waals surface area contributed by atoms with Crippen LogP contribution in [0.25, 0.3) is 0 Å². The summed E-state index contributed by atoms with van der Waals surface area (Å²) >= 11 is 0. The third-order valence-electron chi connectivity index (χ3n) is 3.58. The number of aliphatic carboxylic acids is 1. The average Bonchev–Trinajstić information content (AvgIpc) is 2.96. The van der Waals surface area contributed by atoms with E-state index in [2.05, 4.69) is 15.5 Å². The van der Waals surface area contributed by atoms with Gasteiger partial charge in [-0.3, -0.25) is 9.89 Å². The molecule has 0 aromatic carbocycles. The molecule has 0 aliphatic carbocycles. The summed E-state index contributed by atoms with van der Waals surface area (Å²) in [5.41, 5.74) is 0.885. The van der Waals surface area contributed by atoms with Crippen molar-refractivity contribution in [2.75, 3.05) is 13.1 Å². The lowest BCUT2D eigenvalue weighted by Crippen LogP contribution is -2.40. The van der Waals surface area contributed by atoms with Crippen LogP contribution in [0.4, 0.5) is 4.79 Å². The van der Waals surface area contributed by atoms with Gasteiger partial charge in [-0.2, -0.15) is 5.10 Å². The number of urea groups is 1. The second kappa shape index (κ2) is 5.29. The lowest BCUT2D eigenvalue weighted by Gasteiger charge is -2.20. The molecule has 0 bridgehead atoms. The molecule has 1 aromatic rings. The number of carbonyl (C=O) groups is 2. The number of hydrogen-bond acceptors (Lipinski definition) is 3. The Morgan fingerprint density at radius 2 is 2.32 bits per heavy atom. The molecule has 2 heterocycles. The van der Waals surface area contributed by atoms with Gasteiger partial charge in [-0.15, -0.1) is 0 Å². The molecular formula is C12H18N4O3. The molecule has 7 nitrogen and oxygen atoms in total. The Morgan fingerprint density at radius 1 is 1.58 bits per heavy atom. The number of aromatic amines is 1. The first-order valence-corrected chi connectivity index (χ1v) is 6.26. The van der Waals surface area contributed by atoms with Gasteiger partial charge in [0.15, 0.2) is 0 Å². The van der Waals surface area contributed by atoms with E-state index >= 15 is 0 Å². The van der Waals surface area contributed by atoms with Gasteiger partial charge in [0.2, 0.25) is 0 Å². The number of nitrogens with one attached hydrogen (secondary N) is 2. The largest absolute Gasteiger partial charge is 0.481 e. The van der Waals surface area contributed by atoms with E-state index in [-0.39, 0.29) is 24.5 Å². The normalized spacial score (nSPS) is 24.2. The second-order valence-electron chi connectivity index (χ2n) is 5.03. The molecule has 1 aliphatic rings. The van der Waals surface area contributed by atoms with Crippen molar-refractivity contribution in [1.82, 2.24) is 20.4 Å². The van der Waals surface area contributed by atoms with Crippen molar-refractivity contribution in [3.05, 3.63) is 18.0 Å². The molecule has 0 spiro atoms. The average molecular weight is 266 g/mol. The maximum atomic E-state index is 12.1. The first-order valence-electron chi connectivity index (χ1n) is 6.26. The fourth-order valence-corrected chi connectivity index (χ4v) is 2.31. The summed E-state index contributed by atoms with van der Waals surface area (Å²) in [5.74, 6) is -1.34. The number of carbonyl (C=O) groups excluding carboxylic acids is 1. The van der Waals surface area contributed by atoms with Crippen molar-refractivity contribution in [1.29, 1.82) is 0 Å². The van der Waals surface area contributed by atoms with Gasteiger partial charge >= 0.3 is 12.0 Å². The van der Waals surface area contributed by atoms with Crippen LogP contribution in [-0.4, -0.2) is 45.3 Å². The Balaban J connectivity index is 1.93. The summed E-state index contributed by atoms with van der Waals surface area (Å²) < 4.78 is 0. The summed E-state index contributed by atoms with van der Waals surface area (Å²) in [6.45, 7) is 4.45. The highest BCUT2D eigenvalue weighted by atomic mass is 16.4. The van der Waals surface area contributed by atoms with Gasteiger partial charge < -0.3 is 15.3 Å². The lowest BCUT2D eigenvalue weighted by molar-refractivity contribution is -0.142. The Morgan fingerprint density at radius 3 is 2.84 bits per heavy atom. The van der Waals surface area contributed by atoms with Crippen LogP contribution in [0, 0.1) is 11.8 Å². The maximum absolute atomic E-state index is 12.1. The van der Waals surface area contributed by atoms with E-state index in [0.717, 1.165) is 5.56 Å². The van der Waals surface area contributed by atoms with Crippen molar-refractivity contribution in [3.63, 3.8) is 0 Å². The van der Waals surface area contributed by atoms with E-state index in [9.17, 15) is 9.59 Å². The zero-order valence-electron chi connectivity index (χ0n) is 11.0. The first-order chi connectivity index (χ1) is 8.99. The molecule has 2 amide bonds. The number of amides is 2. The van der Waals surface area contributed by atoms with Gasteiger partial charge in [0, 0.05) is 24.8 Å². The third-order valence-corrected chi connectivity index (χ3v) is 3.58. The number of carboxylic acids is 1. The molecule has 0 saturated carbocycles. The number of H-pyrrole nitrogens is 1. The number of hydrogen-bond donors (Lipinski definition) is 3. The van der Waals surface area contributed by atoms with Crippen molar-refractivity contribution in [2.24, 2.45) is 11.8 Å². The number of carboxylic acid groups (broad SMARTS) is 1. The van der Waals surface area contributed by atoms with Gasteiger partial charge in [0.1, 0.15) is 0 Å². The molecule has 19 heavy (non-hydrogen) atoms. The minimum atomic E-state index is -0.842. The van der Waals surface area contributed by atoms with Crippen molar-refractivity contribution in [2.45, 2.75) is 19.9 Å². The Kier molecular flexibility index (Phi) is 3.73. The van der Waals surface area contributed by atoms with Crippen molar-refractivity contribution >= 4 is 12.0 Å². The van der Waals surface area contributed by atoms with Gasteiger partial charge in [-0.1, -0.05) is 6.92 Å². The van der Waals surface area contributed by atoms with Crippen molar-refractivity contribution in [3.8, 4) is 0 Å². The van der Waals surface area contributed by atoms with Gasteiger partial charge in [-0.25, -0.2) is 4.79 Å². The van der Waals surface area contributed by atoms with Crippen molar-refractivity contribution < 1.29 is 14.7 Å². The van der Waals surface area contributed by atoms with Crippen LogP contribution in [0.2, 0.25) is 0 Å². The van der Waals surface area contributed by atoms with Crippen LogP contribution in [0.1, 0.15) is 25.5 Å². The lowest BCUT2D eigenvalue weighted by atomic mass is 9.99. The van der Waals surface area contributed by atoms with Crippen LogP contribution in [0.15, 0.2) is 12.4 Å². The fraction of sp³-hybridized carbons (Fsp3) is 0.583. The smallest absolute Gasteiger partial charge is 0.317 e. The standard InChI is InChI=1S/C12H18N4O3/c1-7-5-16(6-10(7)11(17)18)12(19)15-8(2)9-3-13-14-4-9/h3-4,7-8,10H,5-6H2,1-2H3,(H,13,14)(H,15,19)(H,17,18)/t7-,8?,10-/m1/s1.